The molecule has 0 unspecified atom stereocenters. The number of hydrogen-bond acceptors (Lipinski definition) is 6. The van der Waals surface area contributed by atoms with E-state index in [2.05, 4.69) is 10.6 Å². The average molecular weight is 498 g/mol. The van der Waals surface area contributed by atoms with Crippen LogP contribution in [0.25, 0.3) is 0 Å². The molecule has 35 heavy (non-hydrogen) atoms. The molecule has 3 aromatic rings. The van der Waals surface area contributed by atoms with E-state index in [0.717, 1.165) is 9.87 Å². The summed E-state index contributed by atoms with van der Waals surface area (Å²) in [6, 6.07) is 17.5. The van der Waals surface area contributed by atoms with E-state index in [9.17, 15) is 18.0 Å². The third kappa shape index (κ3) is 6.30. The van der Waals surface area contributed by atoms with Crippen LogP contribution in [-0.2, 0) is 19.6 Å². The smallest absolute Gasteiger partial charge is 0.264 e. The van der Waals surface area contributed by atoms with Crippen molar-refractivity contribution in [1.82, 2.24) is 0 Å². The first kappa shape index (κ1) is 25.6. The van der Waals surface area contributed by atoms with Crippen molar-refractivity contribution < 1.29 is 27.5 Å². The molecule has 0 spiro atoms. The number of ether oxygens (including phenoxy) is 2. The predicted octanol–water partition coefficient (Wildman–Crippen LogP) is 3.80. The zero-order chi connectivity index (χ0) is 25.6. The summed E-state index contributed by atoms with van der Waals surface area (Å²) >= 11 is 0. The number of rotatable bonds is 9. The number of methoxy groups -OCH3 is 2. The first-order valence-corrected chi connectivity index (χ1v) is 12.1. The first-order valence-electron chi connectivity index (χ1n) is 10.6. The molecule has 0 heterocycles. The lowest BCUT2D eigenvalue weighted by Gasteiger charge is -2.25. The van der Waals surface area contributed by atoms with Crippen LogP contribution in [0.2, 0.25) is 0 Å². The maximum absolute atomic E-state index is 13.6. The predicted molar refractivity (Wildman–Crippen MR) is 135 cm³/mol. The van der Waals surface area contributed by atoms with Crippen LogP contribution in [0, 0.1) is 6.92 Å². The molecule has 0 aliphatic heterocycles. The van der Waals surface area contributed by atoms with Crippen molar-refractivity contribution in [3.8, 4) is 11.5 Å². The maximum Gasteiger partial charge on any atom is 0.264 e. The number of amides is 2. The van der Waals surface area contributed by atoms with Gasteiger partial charge in [0.05, 0.1) is 24.8 Å². The molecule has 0 radical (unpaired) electrons. The molecular weight excluding hydrogens is 470 g/mol. The molecule has 0 aliphatic rings. The molecule has 0 saturated carbocycles. The van der Waals surface area contributed by atoms with Gasteiger partial charge in [0, 0.05) is 24.4 Å². The van der Waals surface area contributed by atoms with E-state index < -0.39 is 22.5 Å². The third-order valence-corrected chi connectivity index (χ3v) is 6.83. The van der Waals surface area contributed by atoms with Crippen molar-refractivity contribution in [1.29, 1.82) is 0 Å². The van der Waals surface area contributed by atoms with Crippen molar-refractivity contribution in [2.24, 2.45) is 0 Å². The molecule has 0 aromatic heterocycles. The minimum absolute atomic E-state index is 0.0466. The number of aryl methyl sites for hydroxylation is 1. The largest absolute Gasteiger partial charge is 0.493 e. The van der Waals surface area contributed by atoms with Gasteiger partial charge in [0.15, 0.2) is 11.5 Å². The van der Waals surface area contributed by atoms with Gasteiger partial charge < -0.3 is 20.1 Å². The molecule has 0 fully saturated rings. The summed E-state index contributed by atoms with van der Waals surface area (Å²) in [6.45, 7) is 2.76. The lowest BCUT2D eigenvalue weighted by molar-refractivity contribution is -0.115. The van der Waals surface area contributed by atoms with E-state index in [1.54, 1.807) is 48.5 Å². The number of hydrogen-bond donors (Lipinski definition) is 2. The highest BCUT2D eigenvalue weighted by molar-refractivity contribution is 7.92. The average Bonchev–Trinajstić information content (AvgIpc) is 2.83. The normalized spacial score (nSPS) is 10.9. The number of nitrogens with zero attached hydrogens (tertiary/aromatic N) is 1. The van der Waals surface area contributed by atoms with Crippen LogP contribution in [0.15, 0.2) is 71.6 Å². The van der Waals surface area contributed by atoms with Gasteiger partial charge in [-0.3, -0.25) is 13.9 Å². The summed E-state index contributed by atoms with van der Waals surface area (Å²) in [5.41, 5.74) is 2.16. The number of nitrogens with one attached hydrogen (secondary N) is 2. The summed E-state index contributed by atoms with van der Waals surface area (Å²) in [7, 11) is -1.18. The van der Waals surface area contributed by atoms with Crippen LogP contribution in [0.1, 0.15) is 12.5 Å². The second-order valence-corrected chi connectivity index (χ2v) is 9.53. The number of carbonyl (C=O) groups excluding carboxylic acids is 2. The van der Waals surface area contributed by atoms with Crippen LogP contribution >= 0.6 is 0 Å². The van der Waals surface area contributed by atoms with Crippen LogP contribution in [0.4, 0.5) is 17.1 Å². The SMILES string of the molecule is COc1ccc(N(CC(=O)Nc2ccc(NC(C)=O)cc2)S(=O)(=O)c2ccc(C)cc2)cc1OC. The minimum atomic E-state index is -4.09. The molecule has 0 bridgehead atoms. The van der Waals surface area contributed by atoms with E-state index in [-0.39, 0.29) is 16.5 Å². The summed E-state index contributed by atoms with van der Waals surface area (Å²) in [6.07, 6.45) is 0. The fourth-order valence-electron chi connectivity index (χ4n) is 3.30. The maximum atomic E-state index is 13.6. The quantitative estimate of drug-likeness (QED) is 0.465. The van der Waals surface area contributed by atoms with Gasteiger partial charge in [0.25, 0.3) is 10.0 Å². The van der Waals surface area contributed by atoms with Gasteiger partial charge >= 0.3 is 0 Å². The standard InChI is InChI=1S/C25H27N3O6S/c1-17-5-12-22(13-6-17)35(31,32)28(21-11-14-23(33-3)24(15-21)34-4)16-25(30)27-20-9-7-19(8-10-20)26-18(2)29/h5-15H,16H2,1-4H3,(H,26,29)(H,27,30). The van der Waals surface area contributed by atoms with Gasteiger partial charge in [-0.1, -0.05) is 17.7 Å². The lowest BCUT2D eigenvalue weighted by atomic mass is 10.2. The second-order valence-electron chi connectivity index (χ2n) is 7.67. The van der Waals surface area contributed by atoms with E-state index in [1.165, 1.54) is 39.3 Å². The Morgan fingerprint density at radius 3 is 1.94 bits per heavy atom. The van der Waals surface area contributed by atoms with Crippen molar-refractivity contribution in [2.75, 3.05) is 35.7 Å². The fraction of sp³-hybridized carbons (Fsp3) is 0.200. The van der Waals surface area contributed by atoms with Gasteiger partial charge in [-0.05, 0) is 55.5 Å². The number of benzene rings is 3. The van der Waals surface area contributed by atoms with Crippen LogP contribution < -0.4 is 24.4 Å². The Morgan fingerprint density at radius 2 is 1.40 bits per heavy atom. The highest BCUT2D eigenvalue weighted by Gasteiger charge is 2.28. The Hall–Kier alpha value is -4.05. The molecule has 2 amide bonds. The minimum Gasteiger partial charge on any atom is -0.493 e. The lowest BCUT2D eigenvalue weighted by Crippen LogP contribution is -2.38. The molecule has 10 heteroatoms. The summed E-state index contributed by atoms with van der Waals surface area (Å²) in [4.78, 5) is 24.2. The molecule has 3 aromatic carbocycles. The zero-order valence-electron chi connectivity index (χ0n) is 19.9. The summed E-state index contributed by atoms with van der Waals surface area (Å²) < 4.78 is 38.7. The van der Waals surface area contributed by atoms with Gasteiger partial charge in [-0.15, -0.1) is 0 Å². The summed E-state index contributed by atoms with van der Waals surface area (Å²) in [5.74, 6) is -0.0212. The van der Waals surface area contributed by atoms with Gasteiger partial charge in [-0.25, -0.2) is 8.42 Å². The van der Waals surface area contributed by atoms with Crippen LogP contribution in [-0.4, -0.2) is 41.0 Å². The third-order valence-electron chi connectivity index (χ3n) is 5.04. The zero-order valence-corrected chi connectivity index (χ0v) is 20.7. The van der Waals surface area contributed by atoms with Crippen molar-refractivity contribution in [2.45, 2.75) is 18.7 Å². The molecule has 184 valence electrons. The Balaban J connectivity index is 1.93. The van der Waals surface area contributed by atoms with E-state index >= 15 is 0 Å². The Kier molecular flexibility index (Phi) is 7.98. The number of sulfonamides is 1. The Morgan fingerprint density at radius 1 is 0.829 bits per heavy atom. The van der Waals surface area contributed by atoms with Crippen LogP contribution in [0.3, 0.4) is 0 Å². The van der Waals surface area contributed by atoms with Crippen molar-refractivity contribution in [3.05, 3.63) is 72.3 Å². The number of carbonyl (C=O) groups is 2. The van der Waals surface area contributed by atoms with E-state index in [4.69, 9.17) is 9.47 Å². The Bertz CT molecular complexity index is 1310. The molecule has 3 rings (SSSR count). The fourth-order valence-corrected chi connectivity index (χ4v) is 4.72. The highest BCUT2D eigenvalue weighted by atomic mass is 32.2. The number of anilines is 3. The van der Waals surface area contributed by atoms with E-state index in [1.807, 2.05) is 6.92 Å². The van der Waals surface area contributed by atoms with Crippen molar-refractivity contribution in [3.63, 3.8) is 0 Å². The molecular formula is C25H27N3O6S. The first-order chi connectivity index (χ1) is 16.6. The Labute approximate surface area is 204 Å². The molecule has 9 nitrogen and oxygen atoms in total. The highest BCUT2D eigenvalue weighted by Crippen LogP contribution is 2.34. The van der Waals surface area contributed by atoms with Gasteiger partial charge in [0.1, 0.15) is 6.54 Å². The monoisotopic (exact) mass is 497 g/mol. The second kappa shape index (κ2) is 10.9. The van der Waals surface area contributed by atoms with Crippen molar-refractivity contribution >= 4 is 38.9 Å². The molecule has 0 aliphatic carbocycles. The molecule has 0 atom stereocenters. The van der Waals surface area contributed by atoms with Gasteiger partial charge in [-0.2, -0.15) is 0 Å². The molecule has 2 N–H and O–H groups in total. The van der Waals surface area contributed by atoms with E-state index in [0.29, 0.717) is 22.9 Å². The summed E-state index contributed by atoms with van der Waals surface area (Å²) in [5, 5.41) is 5.33. The molecule has 0 saturated heterocycles. The topological polar surface area (TPSA) is 114 Å². The van der Waals surface area contributed by atoms with Gasteiger partial charge in [0.2, 0.25) is 11.8 Å². The van der Waals surface area contributed by atoms with Crippen LogP contribution in [0.5, 0.6) is 11.5 Å².